The van der Waals surface area contributed by atoms with Crippen LogP contribution in [0.15, 0.2) is 42.6 Å². The molecule has 1 amide bonds. The average molecular weight is 437 g/mol. The number of carbonyl (C=O) groups excluding carboxylic acids is 2. The van der Waals surface area contributed by atoms with Gasteiger partial charge in [0.25, 0.3) is 0 Å². The molecule has 0 aliphatic heterocycles. The molecule has 2 heterocycles. The van der Waals surface area contributed by atoms with Crippen molar-refractivity contribution in [2.75, 3.05) is 6.61 Å². The lowest BCUT2D eigenvalue weighted by atomic mass is 10.0. The zero-order chi connectivity index (χ0) is 21.8. The highest BCUT2D eigenvalue weighted by Gasteiger charge is 2.45. The van der Waals surface area contributed by atoms with Crippen molar-refractivity contribution in [3.05, 3.63) is 59.5 Å². The lowest BCUT2D eigenvalue weighted by molar-refractivity contribution is -0.120. The van der Waals surface area contributed by atoms with Crippen LogP contribution < -0.4 is 5.32 Å². The van der Waals surface area contributed by atoms with Crippen LogP contribution in [0.3, 0.4) is 0 Å². The Bertz CT molecular complexity index is 1350. The molecule has 31 heavy (non-hydrogen) atoms. The number of ether oxygens (including phenoxy) is 1. The van der Waals surface area contributed by atoms with E-state index >= 15 is 0 Å². The smallest absolute Gasteiger partial charge is 0.338 e. The number of nitrogens with one attached hydrogen (secondary N) is 1. The Morgan fingerprint density at radius 3 is 2.74 bits per heavy atom. The molecule has 1 aliphatic carbocycles. The van der Waals surface area contributed by atoms with Gasteiger partial charge in [-0.15, -0.1) is 0 Å². The zero-order valence-corrected chi connectivity index (χ0v) is 17.9. The number of hydrogen-bond acceptors (Lipinski definition) is 5. The molecule has 2 aromatic heterocycles. The number of nitrogens with zero attached hydrogens (tertiary/aromatic N) is 2. The number of hydrogen-bond donors (Lipinski definition) is 1. The number of fused-ring (bicyclic) bond motifs is 3. The highest BCUT2D eigenvalue weighted by atomic mass is 32.1. The second-order valence-electron chi connectivity index (χ2n) is 7.74. The number of halogens is 1. The molecule has 0 spiro atoms. The first kappa shape index (κ1) is 19.7. The summed E-state index contributed by atoms with van der Waals surface area (Å²) < 4.78 is 22.8. The van der Waals surface area contributed by atoms with Crippen molar-refractivity contribution in [1.82, 2.24) is 14.7 Å². The van der Waals surface area contributed by atoms with Gasteiger partial charge in [0.15, 0.2) is 4.96 Å². The molecule has 0 radical (unpaired) electrons. The number of esters is 1. The summed E-state index contributed by atoms with van der Waals surface area (Å²) in [6.07, 6.45) is 3.42. The molecule has 0 unspecified atom stereocenters. The Labute approximate surface area is 181 Å². The molecular weight excluding hydrogens is 417 g/mol. The van der Waals surface area contributed by atoms with Crippen molar-refractivity contribution >= 4 is 38.4 Å². The average Bonchev–Trinajstić information content (AvgIpc) is 3.25. The summed E-state index contributed by atoms with van der Waals surface area (Å²) in [5.41, 5.74) is 2.68. The first-order valence-corrected chi connectivity index (χ1v) is 10.9. The molecule has 6 nitrogen and oxygen atoms in total. The number of benzene rings is 2. The van der Waals surface area contributed by atoms with Crippen LogP contribution in [0.2, 0.25) is 0 Å². The molecule has 0 saturated heterocycles. The molecule has 0 bridgehead atoms. The summed E-state index contributed by atoms with van der Waals surface area (Å²) in [4.78, 5) is 28.8. The number of rotatable bonds is 5. The van der Waals surface area contributed by atoms with E-state index in [0.29, 0.717) is 28.4 Å². The topological polar surface area (TPSA) is 72.7 Å². The van der Waals surface area contributed by atoms with E-state index in [2.05, 4.69) is 10.3 Å². The molecule has 8 heteroatoms. The van der Waals surface area contributed by atoms with Gasteiger partial charge in [-0.2, -0.15) is 0 Å². The van der Waals surface area contributed by atoms with Gasteiger partial charge in [-0.05, 0) is 55.7 Å². The van der Waals surface area contributed by atoms with Crippen LogP contribution in [0, 0.1) is 5.82 Å². The molecule has 0 atom stereocenters. The third-order valence-corrected chi connectivity index (χ3v) is 6.59. The maximum Gasteiger partial charge on any atom is 0.338 e. The van der Waals surface area contributed by atoms with E-state index in [1.54, 1.807) is 31.3 Å². The van der Waals surface area contributed by atoms with Crippen LogP contribution in [0.1, 0.15) is 42.6 Å². The zero-order valence-electron chi connectivity index (χ0n) is 17.1. The quantitative estimate of drug-likeness (QED) is 0.461. The summed E-state index contributed by atoms with van der Waals surface area (Å²) >= 11 is 1.43. The van der Waals surface area contributed by atoms with E-state index in [1.807, 2.05) is 16.5 Å². The fraction of sp³-hybridized carbons (Fsp3) is 0.261. The molecule has 1 fully saturated rings. The predicted octanol–water partition coefficient (Wildman–Crippen LogP) is 4.66. The SMILES string of the molecule is CCOC(=O)c1ccc2c(c1)sc1nc(-c3ccc(C4(NC(C)=O)CC4)cc3F)cn12. The van der Waals surface area contributed by atoms with Gasteiger partial charge in [0.05, 0.1) is 33.6 Å². The van der Waals surface area contributed by atoms with Crippen LogP contribution in [0.4, 0.5) is 4.39 Å². The van der Waals surface area contributed by atoms with Gasteiger partial charge in [-0.3, -0.25) is 9.20 Å². The molecule has 1 N–H and O–H groups in total. The summed E-state index contributed by atoms with van der Waals surface area (Å²) in [7, 11) is 0. The number of carbonyl (C=O) groups is 2. The monoisotopic (exact) mass is 437 g/mol. The van der Waals surface area contributed by atoms with Crippen molar-refractivity contribution in [3.8, 4) is 11.3 Å². The number of amides is 1. The number of thiazole rings is 1. The van der Waals surface area contributed by atoms with E-state index < -0.39 is 5.54 Å². The van der Waals surface area contributed by atoms with E-state index in [-0.39, 0.29) is 17.7 Å². The molecule has 5 rings (SSSR count). The third-order valence-electron chi connectivity index (χ3n) is 5.57. The van der Waals surface area contributed by atoms with Crippen molar-refractivity contribution in [2.24, 2.45) is 0 Å². The number of aromatic nitrogens is 2. The fourth-order valence-corrected chi connectivity index (χ4v) is 4.99. The Kier molecular flexibility index (Phi) is 4.55. The molecule has 2 aromatic carbocycles. The highest BCUT2D eigenvalue weighted by Crippen LogP contribution is 2.46. The molecule has 1 saturated carbocycles. The van der Waals surface area contributed by atoms with Gasteiger partial charge in [-0.25, -0.2) is 14.2 Å². The Morgan fingerprint density at radius 1 is 1.26 bits per heavy atom. The second kappa shape index (κ2) is 7.16. The Hall–Kier alpha value is -3.26. The maximum atomic E-state index is 15.0. The largest absolute Gasteiger partial charge is 0.462 e. The molecule has 158 valence electrons. The summed E-state index contributed by atoms with van der Waals surface area (Å²) in [5.74, 6) is -0.839. The van der Waals surface area contributed by atoms with Gasteiger partial charge in [0.2, 0.25) is 5.91 Å². The van der Waals surface area contributed by atoms with Gasteiger partial charge >= 0.3 is 5.97 Å². The van der Waals surface area contributed by atoms with Crippen molar-refractivity contribution in [2.45, 2.75) is 32.2 Å². The Morgan fingerprint density at radius 2 is 2.06 bits per heavy atom. The van der Waals surface area contributed by atoms with Crippen LogP contribution >= 0.6 is 11.3 Å². The van der Waals surface area contributed by atoms with E-state index in [4.69, 9.17) is 4.74 Å². The van der Waals surface area contributed by atoms with Gasteiger partial charge in [-0.1, -0.05) is 17.4 Å². The van der Waals surface area contributed by atoms with Crippen LogP contribution in [0.25, 0.3) is 26.4 Å². The lowest BCUT2D eigenvalue weighted by Crippen LogP contribution is -2.32. The van der Waals surface area contributed by atoms with Gasteiger partial charge < -0.3 is 10.1 Å². The van der Waals surface area contributed by atoms with E-state index in [9.17, 15) is 14.0 Å². The van der Waals surface area contributed by atoms with Crippen LogP contribution in [-0.4, -0.2) is 27.9 Å². The summed E-state index contributed by atoms with van der Waals surface area (Å²) in [5, 5.41) is 2.93. The first-order valence-electron chi connectivity index (χ1n) is 10.1. The molecule has 4 aromatic rings. The third kappa shape index (κ3) is 3.37. The normalized spacial score (nSPS) is 14.7. The fourth-order valence-electron chi connectivity index (χ4n) is 3.94. The first-order chi connectivity index (χ1) is 14.9. The van der Waals surface area contributed by atoms with Gasteiger partial charge in [0.1, 0.15) is 5.82 Å². The van der Waals surface area contributed by atoms with Crippen LogP contribution in [-0.2, 0) is 15.1 Å². The maximum absolute atomic E-state index is 15.0. The minimum Gasteiger partial charge on any atom is -0.462 e. The molecular formula is C23H20FN3O3S. The lowest BCUT2D eigenvalue weighted by Gasteiger charge is -2.17. The number of imidazole rings is 1. The summed E-state index contributed by atoms with van der Waals surface area (Å²) in [6.45, 7) is 3.57. The minimum atomic E-state index is -0.438. The molecule has 1 aliphatic rings. The van der Waals surface area contributed by atoms with E-state index in [1.165, 1.54) is 24.3 Å². The minimum absolute atomic E-state index is 0.116. The van der Waals surface area contributed by atoms with E-state index in [0.717, 1.165) is 28.6 Å². The Balaban J connectivity index is 1.49. The van der Waals surface area contributed by atoms with Crippen molar-refractivity contribution in [1.29, 1.82) is 0 Å². The summed E-state index contributed by atoms with van der Waals surface area (Å²) in [6, 6.07) is 10.4. The van der Waals surface area contributed by atoms with Crippen molar-refractivity contribution < 1.29 is 18.7 Å². The standard InChI is InChI=1S/C23H20FN3O3S/c1-3-30-21(29)14-4-7-19-20(10-14)31-22-25-18(12-27(19)22)16-6-5-15(11-17(16)24)23(8-9-23)26-13(2)28/h4-7,10-12H,3,8-9H2,1-2H3,(H,26,28). The predicted molar refractivity (Wildman–Crippen MR) is 117 cm³/mol. The second-order valence-corrected chi connectivity index (χ2v) is 8.75. The van der Waals surface area contributed by atoms with Crippen molar-refractivity contribution in [3.63, 3.8) is 0 Å². The van der Waals surface area contributed by atoms with Gasteiger partial charge in [0, 0.05) is 18.7 Å². The van der Waals surface area contributed by atoms with Crippen LogP contribution in [0.5, 0.6) is 0 Å². The highest BCUT2D eigenvalue weighted by molar-refractivity contribution is 7.23.